The fourth-order valence-corrected chi connectivity index (χ4v) is 2.98. The van der Waals surface area contributed by atoms with E-state index in [0.717, 1.165) is 6.61 Å². The number of hydrogen-bond acceptors (Lipinski definition) is 1. The molecule has 0 radical (unpaired) electrons. The summed E-state index contributed by atoms with van der Waals surface area (Å²) in [5.41, 5.74) is 1.30. The standard InChI is InChI=1S/C20H34O/c1-14(2)17(7)19(15(3)4)13-21-20(16(5)6)18-11-9-8-10-12-18/h8-12,14-17,19-20H,13H2,1-7H3. The van der Waals surface area contributed by atoms with Gasteiger partial charge in [0.25, 0.3) is 0 Å². The average molecular weight is 290 g/mol. The molecule has 0 aliphatic carbocycles. The first-order chi connectivity index (χ1) is 9.84. The first-order valence-electron chi connectivity index (χ1n) is 8.51. The van der Waals surface area contributed by atoms with Gasteiger partial charge in [0, 0.05) is 0 Å². The van der Waals surface area contributed by atoms with Gasteiger partial charge in [0.15, 0.2) is 0 Å². The Morgan fingerprint density at radius 1 is 0.762 bits per heavy atom. The maximum absolute atomic E-state index is 6.38. The summed E-state index contributed by atoms with van der Waals surface area (Å²) in [5, 5.41) is 0. The Kier molecular flexibility index (Phi) is 7.45. The Morgan fingerprint density at radius 3 is 1.76 bits per heavy atom. The molecule has 0 saturated heterocycles. The van der Waals surface area contributed by atoms with Crippen LogP contribution in [-0.2, 0) is 4.74 Å². The van der Waals surface area contributed by atoms with E-state index in [2.05, 4.69) is 78.8 Å². The number of hydrogen-bond donors (Lipinski definition) is 0. The lowest BCUT2D eigenvalue weighted by Gasteiger charge is -2.32. The second-order valence-corrected chi connectivity index (χ2v) is 7.42. The van der Waals surface area contributed by atoms with E-state index < -0.39 is 0 Å². The minimum Gasteiger partial charge on any atom is -0.373 e. The van der Waals surface area contributed by atoms with Gasteiger partial charge in [-0.2, -0.15) is 0 Å². The second kappa shape index (κ2) is 8.58. The average Bonchev–Trinajstić information content (AvgIpc) is 2.43. The van der Waals surface area contributed by atoms with Crippen LogP contribution in [0.25, 0.3) is 0 Å². The molecule has 1 nitrogen and oxygen atoms in total. The van der Waals surface area contributed by atoms with E-state index in [9.17, 15) is 0 Å². The maximum Gasteiger partial charge on any atom is 0.0847 e. The molecule has 1 aromatic rings. The van der Waals surface area contributed by atoms with Gasteiger partial charge in [-0.05, 0) is 35.2 Å². The lowest BCUT2D eigenvalue weighted by molar-refractivity contribution is -0.0250. The summed E-state index contributed by atoms with van der Waals surface area (Å²) in [5.74, 6) is 3.17. The summed E-state index contributed by atoms with van der Waals surface area (Å²) < 4.78 is 6.38. The highest BCUT2D eigenvalue weighted by Gasteiger charge is 2.26. The summed E-state index contributed by atoms with van der Waals surface area (Å²) >= 11 is 0. The van der Waals surface area contributed by atoms with Crippen molar-refractivity contribution in [3.05, 3.63) is 35.9 Å². The van der Waals surface area contributed by atoms with Crippen molar-refractivity contribution in [1.29, 1.82) is 0 Å². The van der Waals surface area contributed by atoms with E-state index in [-0.39, 0.29) is 6.10 Å². The number of rotatable bonds is 8. The van der Waals surface area contributed by atoms with Crippen molar-refractivity contribution in [3.63, 3.8) is 0 Å². The fourth-order valence-electron chi connectivity index (χ4n) is 2.98. The molecule has 0 aliphatic heterocycles. The van der Waals surface area contributed by atoms with Crippen LogP contribution in [0, 0.1) is 29.6 Å². The molecule has 0 aliphatic rings. The van der Waals surface area contributed by atoms with Crippen LogP contribution in [0.3, 0.4) is 0 Å². The van der Waals surface area contributed by atoms with Gasteiger partial charge in [-0.1, -0.05) is 78.8 Å². The van der Waals surface area contributed by atoms with Crippen LogP contribution in [0.1, 0.15) is 60.1 Å². The van der Waals surface area contributed by atoms with Crippen LogP contribution in [0.2, 0.25) is 0 Å². The lowest BCUT2D eigenvalue weighted by Crippen LogP contribution is -2.28. The normalized spacial score (nSPS) is 16.5. The second-order valence-electron chi connectivity index (χ2n) is 7.42. The van der Waals surface area contributed by atoms with Crippen molar-refractivity contribution >= 4 is 0 Å². The van der Waals surface area contributed by atoms with Gasteiger partial charge in [0.1, 0.15) is 0 Å². The fraction of sp³-hybridized carbons (Fsp3) is 0.700. The van der Waals surface area contributed by atoms with Gasteiger partial charge in [-0.25, -0.2) is 0 Å². The van der Waals surface area contributed by atoms with Crippen LogP contribution < -0.4 is 0 Å². The van der Waals surface area contributed by atoms with Gasteiger partial charge in [0.2, 0.25) is 0 Å². The Bertz CT molecular complexity index is 380. The third kappa shape index (κ3) is 5.47. The maximum atomic E-state index is 6.38. The Morgan fingerprint density at radius 2 is 1.33 bits per heavy atom. The van der Waals surface area contributed by atoms with Crippen LogP contribution in [0.15, 0.2) is 30.3 Å². The van der Waals surface area contributed by atoms with Gasteiger partial charge in [-0.3, -0.25) is 0 Å². The van der Waals surface area contributed by atoms with Gasteiger partial charge in [0.05, 0.1) is 12.7 Å². The molecule has 0 bridgehead atoms. The number of ether oxygens (including phenoxy) is 1. The van der Waals surface area contributed by atoms with E-state index in [1.165, 1.54) is 5.56 Å². The molecule has 21 heavy (non-hydrogen) atoms. The Labute approximate surface area is 132 Å². The summed E-state index contributed by atoms with van der Waals surface area (Å²) in [6.07, 6.45) is 0.201. The third-order valence-corrected chi connectivity index (χ3v) is 4.79. The monoisotopic (exact) mass is 290 g/mol. The predicted octanol–water partition coefficient (Wildman–Crippen LogP) is 5.96. The molecule has 0 saturated carbocycles. The SMILES string of the molecule is CC(C)C(OCC(C(C)C)C(C)C(C)C)c1ccccc1. The van der Waals surface area contributed by atoms with Gasteiger partial charge in [-0.15, -0.1) is 0 Å². The largest absolute Gasteiger partial charge is 0.373 e. The van der Waals surface area contributed by atoms with Crippen molar-refractivity contribution < 1.29 is 4.74 Å². The summed E-state index contributed by atoms with van der Waals surface area (Å²) in [7, 11) is 0. The van der Waals surface area contributed by atoms with E-state index in [1.807, 2.05) is 0 Å². The molecule has 1 rings (SSSR count). The molecular formula is C20H34O. The molecule has 0 aromatic heterocycles. The minimum atomic E-state index is 0.201. The highest BCUT2D eigenvalue weighted by atomic mass is 16.5. The van der Waals surface area contributed by atoms with Crippen LogP contribution >= 0.6 is 0 Å². The van der Waals surface area contributed by atoms with Gasteiger partial charge >= 0.3 is 0 Å². The highest BCUT2D eigenvalue weighted by Crippen LogP contribution is 2.31. The Hall–Kier alpha value is -0.820. The molecule has 0 N–H and O–H groups in total. The highest BCUT2D eigenvalue weighted by molar-refractivity contribution is 5.18. The minimum absolute atomic E-state index is 0.201. The zero-order valence-corrected chi connectivity index (χ0v) is 15.0. The topological polar surface area (TPSA) is 9.23 Å². The smallest absolute Gasteiger partial charge is 0.0847 e. The summed E-state index contributed by atoms with van der Waals surface area (Å²) in [6.45, 7) is 17.0. The van der Waals surface area contributed by atoms with E-state index in [4.69, 9.17) is 4.74 Å². The quantitative estimate of drug-likeness (QED) is 0.573. The molecule has 1 aromatic carbocycles. The molecule has 3 unspecified atom stereocenters. The summed E-state index contributed by atoms with van der Waals surface area (Å²) in [4.78, 5) is 0. The summed E-state index contributed by atoms with van der Waals surface area (Å²) in [6, 6.07) is 10.6. The zero-order valence-electron chi connectivity index (χ0n) is 15.0. The van der Waals surface area contributed by atoms with E-state index in [0.29, 0.717) is 29.6 Å². The van der Waals surface area contributed by atoms with Crippen LogP contribution in [-0.4, -0.2) is 6.61 Å². The van der Waals surface area contributed by atoms with Crippen LogP contribution in [0.5, 0.6) is 0 Å². The van der Waals surface area contributed by atoms with Crippen molar-refractivity contribution in [1.82, 2.24) is 0 Å². The molecule has 0 spiro atoms. The molecule has 0 amide bonds. The van der Waals surface area contributed by atoms with Crippen LogP contribution in [0.4, 0.5) is 0 Å². The molecule has 1 heteroatoms. The van der Waals surface area contributed by atoms with Gasteiger partial charge < -0.3 is 4.74 Å². The molecule has 120 valence electrons. The first kappa shape index (κ1) is 18.2. The lowest BCUT2D eigenvalue weighted by atomic mass is 9.79. The van der Waals surface area contributed by atoms with Crippen molar-refractivity contribution in [2.45, 2.75) is 54.6 Å². The molecular weight excluding hydrogens is 256 g/mol. The van der Waals surface area contributed by atoms with Crippen molar-refractivity contribution in [2.75, 3.05) is 6.61 Å². The molecule has 3 atom stereocenters. The van der Waals surface area contributed by atoms with E-state index in [1.54, 1.807) is 0 Å². The first-order valence-corrected chi connectivity index (χ1v) is 8.51. The third-order valence-electron chi connectivity index (χ3n) is 4.79. The molecule has 0 fully saturated rings. The molecule has 0 heterocycles. The Balaban J connectivity index is 2.76. The van der Waals surface area contributed by atoms with E-state index >= 15 is 0 Å². The van der Waals surface area contributed by atoms with Crippen molar-refractivity contribution in [3.8, 4) is 0 Å². The van der Waals surface area contributed by atoms with Crippen molar-refractivity contribution in [2.24, 2.45) is 29.6 Å². The predicted molar refractivity (Wildman–Crippen MR) is 92.3 cm³/mol. The zero-order chi connectivity index (χ0) is 16.0. The number of benzene rings is 1.